The van der Waals surface area contributed by atoms with Crippen molar-refractivity contribution in [1.29, 1.82) is 0 Å². The highest BCUT2D eigenvalue weighted by Crippen LogP contribution is 2.36. The molecule has 1 nitrogen and oxygen atoms in total. The van der Waals surface area contributed by atoms with E-state index < -0.39 is 0 Å². The Labute approximate surface area is 97.9 Å². The molecule has 16 heavy (non-hydrogen) atoms. The molecule has 0 amide bonds. The SMILES string of the molecule is CC(C)(C)C(=O)c1cccc(C2CCC2)c1. The van der Waals surface area contributed by atoms with Crippen LogP contribution < -0.4 is 0 Å². The first-order valence-corrected chi connectivity index (χ1v) is 6.13. The highest BCUT2D eigenvalue weighted by molar-refractivity contribution is 5.99. The molecule has 2 rings (SSSR count). The van der Waals surface area contributed by atoms with Gasteiger partial charge in [-0.25, -0.2) is 0 Å². The molecule has 86 valence electrons. The van der Waals surface area contributed by atoms with Crippen molar-refractivity contribution in [2.24, 2.45) is 5.41 Å². The predicted octanol–water partition coefficient (Wildman–Crippen LogP) is 4.18. The van der Waals surface area contributed by atoms with Crippen LogP contribution in [0.4, 0.5) is 0 Å². The molecule has 1 saturated carbocycles. The Morgan fingerprint density at radius 2 is 1.94 bits per heavy atom. The standard InChI is InChI=1S/C15H20O/c1-15(2,3)14(16)13-9-5-8-12(10-13)11-6-4-7-11/h5,8-11H,4,6-7H2,1-3H3. The highest BCUT2D eigenvalue weighted by Gasteiger charge is 2.25. The van der Waals surface area contributed by atoms with Crippen molar-refractivity contribution in [3.05, 3.63) is 35.4 Å². The second-order valence-electron chi connectivity index (χ2n) is 5.83. The fourth-order valence-corrected chi connectivity index (χ4v) is 2.11. The maximum Gasteiger partial charge on any atom is 0.168 e. The summed E-state index contributed by atoms with van der Waals surface area (Å²) in [5, 5.41) is 0. The first kappa shape index (κ1) is 11.4. The van der Waals surface area contributed by atoms with Crippen molar-refractivity contribution < 1.29 is 4.79 Å². The van der Waals surface area contributed by atoms with Crippen molar-refractivity contribution in [3.8, 4) is 0 Å². The van der Waals surface area contributed by atoms with Gasteiger partial charge < -0.3 is 0 Å². The molecular weight excluding hydrogens is 196 g/mol. The van der Waals surface area contributed by atoms with E-state index in [4.69, 9.17) is 0 Å². The molecule has 1 aliphatic carbocycles. The van der Waals surface area contributed by atoms with E-state index in [0.717, 1.165) is 5.56 Å². The normalized spacial score (nSPS) is 16.9. The van der Waals surface area contributed by atoms with Gasteiger partial charge in [-0.2, -0.15) is 0 Å². The van der Waals surface area contributed by atoms with Crippen molar-refractivity contribution in [2.45, 2.75) is 46.0 Å². The van der Waals surface area contributed by atoms with E-state index in [2.05, 4.69) is 12.1 Å². The number of hydrogen-bond acceptors (Lipinski definition) is 1. The summed E-state index contributed by atoms with van der Waals surface area (Å²) in [6, 6.07) is 8.21. The Kier molecular flexibility index (Phi) is 2.88. The van der Waals surface area contributed by atoms with Gasteiger partial charge in [0.15, 0.2) is 5.78 Å². The minimum Gasteiger partial charge on any atom is -0.294 e. The topological polar surface area (TPSA) is 17.1 Å². The Balaban J connectivity index is 2.25. The molecule has 0 saturated heterocycles. The summed E-state index contributed by atoms with van der Waals surface area (Å²) >= 11 is 0. The van der Waals surface area contributed by atoms with Gasteiger partial charge in [0.1, 0.15) is 0 Å². The van der Waals surface area contributed by atoms with E-state index in [9.17, 15) is 4.79 Å². The summed E-state index contributed by atoms with van der Waals surface area (Å²) in [6.07, 6.45) is 3.91. The van der Waals surface area contributed by atoms with Crippen LogP contribution in [0.1, 0.15) is 61.9 Å². The highest BCUT2D eigenvalue weighted by atomic mass is 16.1. The van der Waals surface area contributed by atoms with Gasteiger partial charge in [-0.05, 0) is 30.4 Å². The van der Waals surface area contributed by atoms with Crippen LogP contribution in [0.25, 0.3) is 0 Å². The smallest absolute Gasteiger partial charge is 0.168 e. The molecule has 0 bridgehead atoms. The quantitative estimate of drug-likeness (QED) is 0.678. The number of ketones is 1. The lowest BCUT2D eigenvalue weighted by atomic mass is 9.78. The Morgan fingerprint density at radius 1 is 1.25 bits per heavy atom. The minimum absolute atomic E-state index is 0.244. The molecule has 1 aromatic rings. The van der Waals surface area contributed by atoms with Crippen LogP contribution in [0, 0.1) is 5.41 Å². The third-order valence-corrected chi connectivity index (χ3v) is 3.41. The molecule has 1 aliphatic rings. The van der Waals surface area contributed by atoms with Crippen LogP contribution in [-0.4, -0.2) is 5.78 Å². The number of rotatable bonds is 2. The molecule has 0 aliphatic heterocycles. The van der Waals surface area contributed by atoms with E-state index >= 15 is 0 Å². The maximum absolute atomic E-state index is 12.1. The molecular formula is C15H20O. The lowest BCUT2D eigenvalue weighted by Gasteiger charge is -2.26. The van der Waals surface area contributed by atoms with Gasteiger partial charge in [0.25, 0.3) is 0 Å². The third kappa shape index (κ3) is 2.18. The largest absolute Gasteiger partial charge is 0.294 e. The van der Waals surface area contributed by atoms with Crippen LogP contribution >= 0.6 is 0 Å². The predicted molar refractivity (Wildman–Crippen MR) is 66.8 cm³/mol. The van der Waals surface area contributed by atoms with Crippen LogP contribution in [0.2, 0.25) is 0 Å². The fourth-order valence-electron chi connectivity index (χ4n) is 2.11. The van der Waals surface area contributed by atoms with Crippen LogP contribution in [-0.2, 0) is 0 Å². The van der Waals surface area contributed by atoms with E-state index in [0.29, 0.717) is 5.92 Å². The zero-order valence-corrected chi connectivity index (χ0v) is 10.4. The third-order valence-electron chi connectivity index (χ3n) is 3.41. The average Bonchev–Trinajstić information content (AvgIpc) is 2.13. The minimum atomic E-state index is -0.280. The summed E-state index contributed by atoms with van der Waals surface area (Å²) in [7, 11) is 0. The van der Waals surface area contributed by atoms with Crippen molar-refractivity contribution in [3.63, 3.8) is 0 Å². The van der Waals surface area contributed by atoms with Crippen molar-refractivity contribution >= 4 is 5.78 Å². The van der Waals surface area contributed by atoms with E-state index in [1.54, 1.807) is 0 Å². The monoisotopic (exact) mass is 216 g/mol. The molecule has 1 aromatic carbocycles. The maximum atomic E-state index is 12.1. The van der Waals surface area contributed by atoms with Crippen molar-refractivity contribution in [2.75, 3.05) is 0 Å². The Hall–Kier alpha value is -1.11. The molecule has 0 aromatic heterocycles. The van der Waals surface area contributed by atoms with Gasteiger partial charge in [-0.15, -0.1) is 0 Å². The van der Waals surface area contributed by atoms with E-state index in [1.165, 1.54) is 24.8 Å². The molecule has 0 N–H and O–H groups in total. The Morgan fingerprint density at radius 3 is 2.44 bits per heavy atom. The molecule has 1 heteroatoms. The van der Waals surface area contributed by atoms with E-state index in [-0.39, 0.29) is 11.2 Å². The molecule has 0 atom stereocenters. The zero-order chi connectivity index (χ0) is 11.8. The van der Waals surface area contributed by atoms with Gasteiger partial charge in [0, 0.05) is 11.0 Å². The summed E-state index contributed by atoms with van der Waals surface area (Å²) < 4.78 is 0. The number of carbonyl (C=O) groups excluding carboxylic acids is 1. The van der Waals surface area contributed by atoms with Gasteiger partial charge in [0.2, 0.25) is 0 Å². The number of carbonyl (C=O) groups is 1. The molecule has 0 unspecified atom stereocenters. The number of hydrogen-bond donors (Lipinski definition) is 0. The molecule has 0 heterocycles. The Bertz CT molecular complexity index is 394. The van der Waals surface area contributed by atoms with Crippen LogP contribution in [0.5, 0.6) is 0 Å². The molecule has 0 spiro atoms. The van der Waals surface area contributed by atoms with Gasteiger partial charge in [0.05, 0.1) is 0 Å². The van der Waals surface area contributed by atoms with Gasteiger partial charge >= 0.3 is 0 Å². The first-order chi connectivity index (χ1) is 7.48. The summed E-state index contributed by atoms with van der Waals surface area (Å²) in [4.78, 5) is 12.1. The zero-order valence-electron chi connectivity index (χ0n) is 10.4. The van der Waals surface area contributed by atoms with Gasteiger partial charge in [-0.3, -0.25) is 4.79 Å². The molecule has 0 radical (unpaired) electrons. The second-order valence-corrected chi connectivity index (χ2v) is 5.83. The van der Waals surface area contributed by atoms with Crippen LogP contribution in [0.3, 0.4) is 0 Å². The lowest BCUT2D eigenvalue weighted by molar-refractivity contribution is 0.0858. The average molecular weight is 216 g/mol. The number of Topliss-reactive ketones (excluding diaryl/α,β-unsaturated/α-hetero) is 1. The number of benzene rings is 1. The summed E-state index contributed by atoms with van der Waals surface area (Å²) in [6.45, 7) is 5.93. The molecule has 1 fully saturated rings. The van der Waals surface area contributed by atoms with Crippen molar-refractivity contribution in [1.82, 2.24) is 0 Å². The van der Waals surface area contributed by atoms with Gasteiger partial charge in [-0.1, -0.05) is 45.4 Å². The summed E-state index contributed by atoms with van der Waals surface area (Å²) in [5.74, 6) is 0.946. The van der Waals surface area contributed by atoms with E-state index in [1.807, 2.05) is 32.9 Å². The fraction of sp³-hybridized carbons (Fsp3) is 0.533. The summed E-state index contributed by atoms with van der Waals surface area (Å²) in [5.41, 5.74) is 1.94. The second kappa shape index (κ2) is 4.04. The first-order valence-electron chi connectivity index (χ1n) is 6.13. The van der Waals surface area contributed by atoms with Crippen LogP contribution in [0.15, 0.2) is 24.3 Å². The lowest BCUT2D eigenvalue weighted by Crippen LogP contribution is -2.20.